The van der Waals surface area contributed by atoms with Crippen molar-refractivity contribution in [1.82, 2.24) is 4.90 Å². The summed E-state index contributed by atoms with van der Waals surface area (Å²) in [4.78, 5) is 27.3. The Bertz CT molecular complexity index is 923. The van der Waals surface area contributed by atoms with Gasteiger partial charge in [-0.1, -0.05) is 42.7 Å². The van der Waals surface area contributed by atoms with Gasteiger partial charge in [-0.25, -0.2) is 4.79 Å². The van der Waals surface area contributed by atoms with E-state index in [9.17, 15) is 9.59 Å². The Labute approximate surface area is 183 Å². The van der Waals surface area contributed by atoms with Crippen molar-refractivity contribution in [2.45, 2.75) is 51.1 Å². The second kappa shape index (κ2) is 9.06. The van der Waals surface area contributed by atoms with Gasteiger partial charge in [-0.05, 0) is 55.5 Å². The summed E-state index contributed by atoms with van der Waals surface area (Å²) in [6.07, 6.45) is 4.30. The third-order valence-electron chi connectivity index (χ3n) is 6.03. The number of rotatable bonds is 3. The van der Waals surface area contributed by atoms with Gasteiger partial charge >= 0.3 is 6.03 Å². The first-order chi connectivity index (χ1) is 13.9. The van der Waals surface area contributed by atoms with Crippen LogP contribution in [0.5, 0.6) is 0 Å². The van der Waals surface area contributed by atoms with E-state index in [1.54, 1.807) is 0 Å². The number of halogens is 1. The van der Waals surface area contributed by atoms with Crippen LogP contribution in [0, 0.1) is 6.92 Å². The van der Waals surface area contributed by atoms with Gasteiger partial charge in [-0.15, -0.1) is 12.4 Å². The fourth-order valence-electron chi connectivity index (χ4n) is 4.36. The molecule has 30 heavy (non-hydrogen) atoms. The molecule has 0 atom stereocenters. The number of hydrogen-bond donors (Lipinski definition) is 3. The van der Waals surface area contributed by atoms with Crippen molar-refractivity contribution in [3.8, 4) is 0 Å². The Balaban J connectivity index is 0.00000256. The molecule has 1 aliphatic carbocycles. The van der Waals surface area contributed by atoms with E-state index in [-0.39, 0.29) is 24.3 Å². The monoisotopic (exact) mass is 428 g/mol. The van der Waals surface area contributed by atoms with E-state index in [0.717, 1.165) is 53.7 Å². The Morgan fingerprint density at radius 2 is 1.73 bits per heavy atom. The summed E-state index contributed by atoms with van der Waals surface area (Å²) < 4.78 is 0. The number of nitrogens with zero attached hydrogens (tertiary/aromatic N) is 1. The van der Waals surface area contributed by atoms with E-state index in [1.807, 2.05) is 54.3 Å². The number of anilines is 2. The lowest BCUT2D eigenvalue weighted by Crippen LogP contribution is -2.54. The molecule has 1 aliphatic heterocycles. The molecule has 0 spiro atoms. The third kappa shape index (κ3) is 4.60. The summed E-state index contributed by atoms with van der Waals surface area (Å²) in [5, 5.41) is 5.82. The van der Waals surface area contributed by atoms with Crippen LogP contribution in [-0.2, 0) is 17.8 Å². The van der Waals surface area contributed by atoms with Gasteiger partial charge in [0.15, 0.2) is 0 Å². The average Bonchev–Trinajstić information content (AvgIpc) is 3.17. The summed E-state index contributed by atoms with van der Waals surface area (Å²) in [5.74, 6) is 0.0659. The Kier molecular flexibility index (Phi) is 6.68. The summed E-state index contributed by atoms with van der Waals surface area (Å²) in [6, 6.07) is 13.3. The Morgan fingerprint density at radius 3 is 2.43 bits per heavy atom. The first kappa shape index (κ1) is 22.1. The Hall–Kier alpha value is -2.57. The van der Waals surface area contributed by atoms with Gasteiger partial charge in [0, 0.05) is 24.5 Å². The average molecular weight is 429 g/mol. The van der Waals surface area contributed by atoms with Crippen LogP contribution in [0.25, 0.3) is 0 Å². The van der Waals surface area contributed by atoms with Gasteiger partial charge in [0.05, 0.1) is 5.54 Å². The number of nitrogens with one attached hydrogen (secondary N) is 2. The fourth-order valence-corrected chi connectivity index (χ4v) is 4.36. The molecule has 0 bridgehead atoms. The maximum Gasteiger partial charge on any atom is 0.323 e. The van der Waals surface area contributed by atoms with Crippen molar-refractivity contribution in [2.75, 3.05) is 17.2 Å². The number of carbonyl (C=O) groups is 2. The minimum absolute atomic E-state index is 0. The third-order valence-corrected chi connectivity index (χ3v) is 6.03. The number of amides is 3. The molecule has 0 radical (unpaired) electrons. The Morgan fingerprint density at radius 1 is 1.03 bits per heavy atom. The summed E-state index contributed by atoms with van der Waals surface area (Å²) in [5.41, 5.74) is 10.5. The van der Waals surface area contributed by atoms with Crippen molar-refractivity contribution in [3.05, 3.63) is 59.2 Å². The molecular weight excluding hydrogens is 400 g/mol. The molecule has 1 heterocycles. The first-order valence-electron chi connectivity index (χ1n) is 10.3. The highest BCUT2D eigenvalue weighted by atomic mass is 35.5. The maximum atomic E-state index is 12.9. The number of hydrogen-bond acceptors (Lipinski definition) is 3. The molecule has 2 aliphatic rings. The zero-order valence-corrected chi connectivity index (χ0v) is 18.1. The summed E-state index contributed by atoms with van der Waals surface area (Å²) in [7, 11) is 0. The molecule has 1 saturated carbocycles. The molecule has 0 unspecified atom stereocenters. The number of carbonyl (C=O) groups excluding carboxylic acids is 2. The van der Waals surface area contributed by atoms with Crippen LogP contribution in [-0.4, -0.2) is 28.9 Å². The van der Waals surface area contributed by atoms with Gasteiger partial charge in [0.2, 0.25) is 5.91 Å². The molecule has 3 amide bonds. The molecule has 6 nitrogen and oxygen atoms in total. The predicted molar refractivity (Wildman–Crippen MR) is 122 cm³/mol. The highest BCUT2D eigenvalue weighted by Crippen LogP contribution is 2.32. The van der Waals surface area contributed by atoms with Crippen molar-refractivity contribution in [1.29, 1.82) is 0 Å². The molecule has 0 saturated heterocycles. The topological polar surface area (TPSA) is 87.5 Å². The highest BCUT2D eigenvalue weighted by Gasteiger charge is 2.40. The standard InChI is InChI=1S/C23H28N4O2.ClH/c1-16-7-9-18(10-8-16)25-22(29)26-20-6-4-5-17-15-27(14-11-19(17)20)21(28)23(24)12-2-3-13-23;/h4-10H,2-3,11-15,24H2,1H3,(H2,25,26,29);1H. The van der Waals surface area contributed by atoms with Crippen molar-refractivity contribution in [3.63, 3.8) is 0 Å². The fraction of sp³-hybridized carbons (Fsp3) is 0.391. The SMILES string of the molecule is Cc1ccc(NC(=O)Nc2cccc3c2CCN(C(=O)C2(N)CCCC2)C3)cc1.Cl. The molecule has 1 fully saturated rings. The predicted octanol–water partition coefficient (Wildman–Crippen LogP) is 4.22. The maximum absolute atomic E-state index is 12.9. The van der Waals surface area contributed by atoms with Crippen LogP contribution < -0.4 is 16.4 Å². The van der Waals surface area contributed by atoms with Crippen molar-refractivity contribution < 1.29 is 9.59 Å². The van der Waals surface area contributed by atoms with Gasteiger partial charge in [0.1, 0.15) is 0 Å². The lowest BCUT2D eigenvalue weighted by atomic mass is 9.93. The summed E-state index contributed by atoms with van der Waals surface area (Å²) >= 11 is 0. The number of nitrogens with two attached hydrogens (primary N) is 1. The lowest BCUT2D eigenvalue weighted by Gasteiger charge is -2.35. The minimum Gasteiger partial charge on any atom is -0.336 e. The smallest absolute Gasteiger partial charge is 0.323 e. The minimum atomic E-state index is -0.693. The zero-order valence-electron chi connectivity index (χ0n) is 17.2. The van der Waals surface area contributed by atoms with E-state index in [0.29, 0.717) is 19.5 Å². The number of benzene rings is 2. The molecule has 160 valence electrons. The second-order valence-corrected chi connectivity index (χ2v) is 8.23. The van der Waals surface area contributed by atoms with Gasteiger partial charge < -0.3 is 21.3 Å². The molecular formula is C23H29ClN4O2. The molecule has 0 aromatic heterocycles. The van der Waals surface area contributed by atoms with Crippen molar-refractivity contribution >= 4 is 35.7 Å². The molecule has 7 heteroatoms. The van der Waals surface area contributed by atoms with Crippen molar-refractivity contribution in [2.24, 2.45) is 5.73 Å². The van der Waals surface area contributed by atoms with Crippen LogP contribution >= 0.6 is 12.4 Å². The molecule has 2 aromatic carbocycles. The quantitative estimate of drug-likeness (QED) is 0.684. The van der Waals surface area contributed by atoms with E-state index >= 15 is 0 Å². The molecule has 4 rings (SSSR count). The highest BCUT2D eigenvalue weighted by molar-refractivity contribution is 6.00. The number of aryl methyl sites for hydroxylation is 1. The first-order valence-corrected chi connectivity index (χ1v) is 10.3. The van der Waals surface area contributed by atoms with Crippen LogP contribution in [0.2, 0.25) is 0 Å². The number of urea groups is 1. The van der Waals surface area contributed by atoms with E-state index in [4.69, 9.17) is 5.73 Å². The van der Waals surface area contributed by atoms with E-state index in [2.05, 4.69) is 10.6 Å². The van der Waals surface area contributed by atoms with Crippen LogP contribution in [0.1, 0.15) is 42.4 Å². The lowest BCUT2D eigenvalue weighted by molar-refractivity contribution is -0.137. The van der Waals surface area contributed by atoms with Crippen LogP contribution in [0.15, 0.2) is 42.5 Å². The van der Waals surface area contributed by atoms with Gasteiger partial charge in [-0.3, -0.25) is 4.79 Å². The second-order valence-electron chi connectivity index (χ2n) is 8.23. The van der Waals surface area contributed by atoms with Gasteiger partial charge in [-0.2, -0.15) is 0 Å². The van der Waals surface area contributed by atoms with Gasteiger partial charge in [0.25, 0.3) is 0 Å². The zero-order chi connectivity index (χ0) is 20.4. The van der Waals surface area contributed by atoms with E-state index < -0.39 is 5.54 Å². The van der Waals surface area contributed by atoms with Crippen LogP contribution in [0.3, 0.4) is 0 Å². The number of fused-ring (bicyclic) bond motifs is 1. The summed E-state index contributed by atoms with van der Waals surface area (Å²) in [6.45, 7) is 3.18. The van der Waals surface area contributed by atoms with E-state index in [1.165, 1.54) is 0 Å². The normalized spacial score (nSPS) is 16.9. The molecule has 4 N–H and O–H groups in total. The molecule has 2 aromatic rings. The van der Waals surface area contributed by atoms with Crippen LogP contribution in [0.4, 0.5) is 16.2 Å². The largest absolute Gasteiger partial charge is 0.336 e.